The van der Waals surface area contributed by atoms with Crippen LogP contribution in [-0.4, -0.2) is 76.4 Å². The topological polar surface area (TPSA) is 95.9 Å². The molecule has 0 unspecified atom stereocenters. The van der Waals surface area contributed by atoms with E-state index >= 15 is 0 Å². The molecule has 1 fully saturated rings. The summed E-state index contributed by atoms with van der Waals surface area (Å²) in [6.45, 7) is 6.85. The third-order valence-electron chi connectivity index (χ3n) is 3.40. The molecule has 0 spiro atoms. The van der Waals surface area contributed by atoms with Gasteiger partial charge in [0.2, 0.25) is 0 Å². The van der Waals surface area contributed by atoms with Crippen LogP contribution in [0, 0.1) is 0 Å². The Labute approximate surface area is 127 Å². The number of rotatable bonds is 4. The van der Waals surface area contributed by atoms with Crippen LogP contribution in [0.15, 0.2) is 4.99 Å². The standard InChI is InChI=1S/C12H25N3O4S2/c1-5-13-11(14-6-8-20(4,16)17)15-7-9-21(18,19)12(2,3)10-15/h5-10H2,1-4H3,(H,13,14). The summed E-state index contributed by atoms with van der Waals surface area (Å²) in [6, 6.07) is 0. The second-order valence-corrected chi connectivity index (χ2v) is 10.9. The van der Waals surface area contributed by atoms with E-state index < -0.39 is 24.4 Å². The number of aliphatic imine (C=N–C) groups is 1. The highest BCUT2D eigenvalue weighted by Gasteiger charge is 2.40. The molecule has 9 heteroatoms. The van der Waals surface area contributed by atoms with Gasteiger partial charge in [-0.1, -0.05) is 0 Å². The molecule has 1 rings (SSSR count). The third-order valence-corrected chi connectivity index (χ3v) is 6.86. The normalized spacial score (nSPS) is 22.1. The van der Waals surface area contributed by atoms with Crippen LogP contribution < -0.4 is 5.32 Å². The molecule has 1 heterocycles. The molecule has 124 valence electrons. The number of nitrogens with one attached hydrogen (secondary N) is 1. The number of hydrogen-bond acceptors (Lipinski definition) is 5. The van der Waals surface area contributed by atoms with Gasteiger partial charge >= 0.3 is 0 Å². The van der Waals surface area contributed by atoms with Crippen LogP contribution >= 0.6 is 0 Å². The van der Waals surface area contributed by atoms with Gasteiger partial charge in [-0.05, 0) is 20.8 Å². The van der Waals surface area contributed by atoms with E-state index in [2.05, 4.69) is 10.3 Å². The highest BCUT2D eigenvalue weighted by molar-refractivity contribution is 7.92. The van der Waals surface area contributed by atoms with E-state index in [1.54, 1.807) is 13.8 Å². The van der Waals surface area contributed by atoms with Crippen LogP contribution in [-0.2, 0) is 19.7 Å². The van der Waals surface area contributed by atoms with Crippen molar-refractivity contribution >= 4 is 25.6 Å². The fourth-order valence-electron chi connectivity index (χ4n) is 2.07. The minimum absolute atomic E-state index is 0.0164. The number of hydrogen-bond donors (Lipinski definition) is 1. The Morgan fingerprint density at radius 3 is 2.48 bits per heavy atom. The molecule has 21 heavy (non-hydrogen) atoms. The van der Waals surface area contributed by atoms with Crippen LogP contribution in [0.3, 0.4) is 0 Å². The van der Waals surface area contributed by atoms with E-state index in [4.69, 9.17) is 0 Å². The lowest BCUT2D eigenvalue weighted by molar-refractivity contribution is 0.353. The molecule has 0 atom stereocenters. The summed E-state index contributed by atoms with van der Waals surface area (Å²) in [5, 5.41) is 3.09. The quantitative estimate of drug-likeness (QED) is 0.548. The van der Waals surface area contributed by atoms with Gasteiger partial charge in [0, 0.05) is 25.9 Å². The maximum Gasteiger partial charge on any atom is 0.194 e. The highest BCUT2D eigenvalue weighted by atomic mass is 32.2. The van der Waals surface area contributed by atoms with Crippen LogP contribution in [0.2, 0.25) is 0 Å². The summed E-state index contributed by atoms with van der Waals surface area (Å²) in [7, 11) is -6.16. The zero-order valence-electron chi connectivity index (χ0n) is 13.1. The first-order valence-corrected chi connectivity index (χ1v) is 10.6. The van der Waals surface area contributed by atoms with Crippen LogP contribution in [0.1, 0.15) is 20.8 Å². The number of guanidine groups is 1. The van der Waals surface area contributed by atoms with E-state index in [-0.39, 0.29) is 18.1 Å². The Morgan fingerprint density at radius 2 is 2.00 bits per heavy atom. The van der Waals surface area contributed by atoms with Crippen molar-refractivity contribution in [2.24, 2.45) is 4.99 Å². The van der Waals surface area contributed by atoms with Gasteiger partial charge in [0.25, 0.3) is 0 Å². The Balaban J connectivity index is 2.85. The summed E-state index contributed by atoms with van der Waals surface area (Å²) >= 11 is 0. The van der Waals surface area contributed by atoms with E-state index in [0.29, 0.717) is 25.6 Å². The first-order chi connectivity index (χ1) is 9.48. The van der Waals surface area contributed by atoms with Gasteiger partial charge in [-0.3, -0.25) is 4.99 Å². The molecule has 7 nitrogen and oxygen atoms in total. The molecule has 1 N–H and O–H groups in total. The summed E-state index contributed by atoms with van der Waals surface area (Å²) < 4.78 is 45.5. The van der Waals surface area contributed by atoms with E-state index in [0.717, 1.165) is 0 Å². The van der Waals surface area contributed by atoms with Gasteiger partial charge in [0.05, 0.1) is 22.8 Å². The molecular formula is C12H25N3O4S2. The fraction of sp³-hybridized carbons (Fsp3) is 0.917. The Morgan fingerprint density at radius 1 is 1.38 bits per heavy atom. The van der Waals surface area contributed by atoms with Gasteiger partial charge in [-0.2, -0.15) is 0 Å². The predicted octanol–water partition coefficient (Wildman–Crippen LogP) is -0.494. The molecule has 0 radical (unpaired) electrons. The smallest absolute Gasteiger partial charge is 0.194 e. The molecule has 0 saturated carbocycles. The lowest BCUT2D eigenvalue weighted by atomic mass is 10.2. The highest BCUT2D eigenvalue weighted by Crippen LogP contribution is 2.23. The molecule has 0 bridgehead atoms. The molecule has 0 aromatic rings. The Bertz CT molecular complexity index is 594. The molecule has 0 aliphatic carbocycles. The average Bonchev–Trinajstić information content (AvgIpc) is 2.30. The Hall–Kier alpha value is -0.830. The lowest BCUT2D eigenvalue weighted by Crippen LogP contribution is -2.57. The summed E-state index contributed by atoms with van der Waals surface area (Å²) in [5.41, 5.74) is 0. The number of nitrogens with zero attached hydrogens (tertiary/aromatic N) is 2. The van der Waals surface area contributed by atoms with Gasteiger partial charge in [0.1, 0.15) is 9.84 Å². The summed E-state index contributed by atoms with van der Waals surface area (Å²) in [5.74, 6) is 0.637. The third kappa shape index (κ3) is 5.14. The minimum Gasteiger partial charge on any atom is -0.357 e. The van der Waals surface area contributed by atoms with E-state index in [1.165, 1.54) is 6.26 Å². The van der Waals surface area contributed by atoms with Crippen molar-refractivity contribution in [1.82, 2.24) is 10.2 Å². The summed E-state index contributed by atoms with van der Waals surface area (Å²) in [4.78, 5) is 6.18. The van der Waals surface area contributed by atoms with Crippen molar-refractivity contribution in [3.05, 3.63) is 0 Å². The molecule has 0 aromatic heterocycles. The molecular weight excluding hydrogens is 314 g/mol. The maximum absolute atomic E-state index is 12.0. The zero-order valence-corrected chi connectivity index (χ0v) is 14.7. The first kappa shape index (κ1) is 18.2. The van der Waals surface area contributed by atoms with Crippen molar-refractivity contribution in [2.45, 2.75) is 25.5 Å². The van der Waals surface area contributed by atoms with Crippen molar-refractivity contribution in [3.63, 3.8) is 0 Å². The largest absolute Gasteiger partial charge is 0.357 e. The first-order valence-electron chi connectivity index (χ1n) is 6.92. The van der Waals surface area contributed by atoms with E-state index in [1.807, 2.05) is 11.8 Å². The maximum atomic E-state index is 12.0. The van der Waals surface area contributed by atoms with Crippen molar-refractivity contribution in [2.75, 3.05) is 43.9 Å². The SMILES string of the molecule is CCNC(=NCCS(C)(=O)=O)N1CCS(=O)(=O)C(C)(C)C1. The molecule has 0 aromatic carbocycles. The monoisotopic (exact) mass is 339 g/mol. The van der Waals surface area contributed by atoms with Crippen molar-refractivity contribution in [3.8, 4) is 0 Å². The van der Waals surface area contributed by atoms with Crippen molar-refractivity contribution < 1.29 is 16.8 Å². The second-order valence-electron chi connectivity index (χ2n) is 5.87. The van der Waals surface area contributed by atoms with Gasteiger partial charge < -0.3 is 10.2 Å². The summed E-state index contributed by atoms with van der Waals surface area (Å²) in [6.07, 6.45) is 1.17. The lowest BCUT2D eigenvalue weighted by Gasteiger charge is -2.39. The molecule has 1 aliphatic heterocycles. The minimum atomic E-state index is -3.11. The van der Waals surface area contributed by atoms with Crippen LogP contribution in [0.4, 0.5) is 0 Å². The zero-order chi connectivity index (χ0) is 16.3. The predicted molar refractivity (Wildman–Crippen MR) is 85.1 cm³/mol. The van der Waals surface area contributed by atoms with Gasteiger partial charge in [0.15, 0.2) is 15.8 Å². The van der Waals surface area contributed by atoms with Crippen LogP contribution in [0.25, 0.3) is 0 Å². The number of sulfone groups is 2. The second kappa shape index (κ2) is 6.51. The van der Waals surface area contributed by atoms with Gasteiger partial charge in [-0.15, -0.1) is 0 Å². The molecule has 0 amide bonds. The van der Waals surface area contributed by atoms with Gasteiger partial charge in [-0.25, -0.2) is 16.8 Å². The molecule has 1 aliphatic rings. The molecule has 1 saturated heterocycles. The van der Waals surface area contributed by atoms with E-state index in [9.17, 15) is 16.8 Å². The Kier molecular flexibility index (Phi) is 5.65. The van der Waals surface area contributed by atoms with Crippen LogP contribution in [0.5, 0.6) is 0 Å². The van der Waals surface area contributed by atoms with Crippen molar-refractivity contribution in [1.29, 1.82) is 0 Å². The average molecular weight is 339 g/mol. The fourth-order valence-corrected chi connectivity index (χ4v) is 3.86.